The molecule has 0 radical (unpaired) electrons. The number of benzene rings is 1. The number of hydrogen-bond acceptors (Lipinski definition) is 3. The Morgan fingerprint density at radius 1 is 1.32 bits per heavy atom. The van der Waals surface area contributed by atoms with Gasteiger partial charge in [0, 0.05) is 17.2 Å². The zero-order valence-electron chi connectivity index (χ0n) is 11.0. The molecule has 0 aliphatic heterocycles. The van der Waals surface area contributed by atoms with Crippen LogP contribution in [-0.2, 0) is 12.8 Å². The van der Waals surface area contributed by atoms with E-state index in [2.05, 4.69) is 27.6 Å². The van der Waals surface area contributed by atoms with Crippen molar-refractivity contribution in [2.45, 2.75) is 31.7 Å². The van der Waals surface area contributed by atoms with Crippen LogP contribution in [0.2, 0.25) is 0 Å². The van der Waals surface area contributed by atoms with Crippen LogP contribution in [0.25, 0.3) is 11.3 Å². The maximum atomic E-state index is 5.33. The first kappa shape index (κ1) is 10.9. The van der Waals surface area contributed by atoms with E-state index in [0.717, 1.165) is 30.1 Å². The van der Waals surface area contributed by atoms with Crippen LogP contribution in [0.15, 0.2) is 18.2 Å². The molecule has 1 saturated carbocycles. The van der Waals surface area contributed by atoms with Crippen LogP contribution < -0.4 is 10.1 Å². The Balaban J connectivity index is 1.78. The van der Waals surface area contributed by atoms with Crippen LogP contribution in [0, 0.1) is 0 Å². The lowest BCUT2D eigenvalue weighted by Gasteiger charge is -2.17. The van der Waals surface area contributed by atoms with Crippen LogP contribution in [0.5, 0.6) is 5.75 Å². The second-order valence-electron chi connectivity index (χ2n) is 5.37. The Labute approximate surface area is 112 Å². The molecule has 19 heavy (non-hydrogen) atoms. The van der Waals surface area contributed by atoms with Gasteiger partial charge in [0.2, 0.25) is 0 Å². The molecule has 4 heteroatoms. The molecule has 98 valence electrons. The molecule has 4 rings (SSSR count). The molecule has 2 aromatic rings. The smallest absolute Gasteiger partial charge is 0.151 e. The molecule has 1 aromatic heterocycles. The number of anilines is 1. The van der Waals surface area contributed by atoms with Crippen LogP contribution >= 0.6 is 0 Å². The van der Waals surface area contributed by atoms with E-state index in [4.69, 9.17) is 4.74 Å². The highest BCUT2D eigenvalue weighted by Crippen LogP contribution is 2.38. The van der Waals surface area contributed by atoms with Gasteiger partial charge in [0.05, 0.1) is 12.8 Å². The van der Waals surface area contributed by atoms with Crippen molar-refractivity contribution in [3.63, 3.8) is 0 Å². The van der Waals surface area contributed by atoms with Gasteiger partial charge in [-0.25, -0.2) is 0 Å². The number of aromatic nitrogens is 2. The molecule has 0 amide bonds. The number of nitrogens with zero attached hydrogens (tertiary/aromatic N) is 1. The normalized spacial score (nSPS) is 16.7. The SMILES string of the molecule is COc1ccc2c(c1)-c1[nH]nc(NC3CC3)c1CC2. The van der Waals surface area contributed by atoms with E-state index in [1.807, 2.05) is 6.07 Å². The minimum atomic E-state index is 0.638. The Kier molecular flexibility index (Phi) is 2.31. The van der Waals surface area contributed by atoms with Crippen molar-refractivity contribution in [3.8, 4) is 17.0 Å². The summed E-state index contributed by atoms with van der Waals surface area (Å²) in [7, 11) is 1.71. The maximum absolute atomic E-state index is 5.33. The van der Waals surface area contributed by atoms with Gasteiger partial charge in [0.25, 0.3) is 0 Å². The number of ether oxygens (including phenoxy) is 1. The summed E-state index contributed by atoms with van der Waals surface area (Å²) in [5, 5.41) is 11.2. The molecule has 4 nitrogen and oxygen atoms in total. The fraction of sp³-hybridized carbons (Fsp3) is 0.400. The molecule has 2 aliphatic carbocycles. The lowest BCUT2D eigenvalue weighted by atomic mass is 9.90. The van der Waals surface area contributed by atoms with Crippen molar-refractivity contribution >= 4 is 5.82 Å². The van der Waals surface area contributed by atoms with Gasteiger partial charge < -0.3 is 10.1 Å². The Hall–Kier alpha value is -1.97. The van der Waals surface area contributed by atoms with Gasteiger partial charge in [-0.15, -0.1) is 0 Å². The molecule has 2 aliphatic rings. The summed E-state index contributed by atoms with van der Waals surface area (Å²) in [6.07, 6.45) is 4.67. The molecule has 0 spiro atoms. The molecular weight excluding hydrogens is 238 g/mol. The van der Waals surface area contributed by atoms with Gasteiger partial charge >= 0.3 is 0 Å². The number of aromatic amines is 1. The molecule has 1 aromatic carbocycles. The Morgan fingerprint density at radius 2 is 2.21 bits per heavy atom. The molecule has 0 unspecified atom stereocenters. The minimum Gasteiger partial charge on any atom is -0.497 e. The minimum absolute atomic E-state index is 0.638. The molecular formula is C15H17N3O. The van der Waals surface area contributed by atoms with Gasteiger partial charge in [0.1, 0.15) is 5.75 Å². The van der Waals surface area contributed by atoms with E-state index < -0.39 is 0 Å². The van der Waals surface area contributed by atoms with Crippen LogP contribution in [0.4, 0.5) is 5.82 Å². The zero-order valence-corrected chi connectivity index (χ0v) is 11.0. The summed E-state index contributed by atoms with van der Waals surface area (Å²) in [6, 6.07) is 6.93. The van der Waals surface area contributed by atoms with Crippen molar-refractivity contribution in [2.24, 2.45) is 0 Å². The molecule has 0 saturated heterocycles. The molecule has 0 atom stereocenters. The van der Waals surface area contributed by atoms with Gasteiger partial charge in [-0.3, -0.25) is 5.10 Å². The topological polar surface area (TPSA) is 49.9 Å². The van der Waals surface area contributed by atoms with E-state index in [1.54, 1.807) is 7.11 Å². The predicted molar refractivity (Wildman–Crippen MR) is 74.6 cm³/mol. The number of hydrogen-bond donors (Lipinski definition) is 2. The monoisotopic (exact) mass is 255 g/mol. The number of H-pyrrole nitrogens is 1. The van der Waals surface area contributed by atoms with Crippen LogP contribution in [0.3, 0.4) is 0 Å². The quantitative estimate of drug-likeness (QED) is 0.886. The summed E-state index contributed by atoms with van der Waals surface area (Å²) in [6.45, 7) is 0. The largest absolute Gasteiger partial charge is 0.497 e. The third-order valence-electron chi connectivity index (χ3n) is 4.02. The first-order valence-electron chi connectivity index (χ1n) is 6.86. The lowest BCUT2D eigenvalue weighted by molar-refractivity contribution is 0.415. The first-order valence-corrected chi connectivity index (χ1v) is 6.86. The fourth-order valence-corrected chi connectivity index (χ4v) is 2.76. The van der Waals surface area contributed by atoms with Crippen LogP contribution in [-0.4, -0.2) is 23.3 Å². The van der Waals surface area contributed by atoms with E-state index in [1.165, 1.54) is 29.5 Å². The number of nitrogens with one attached hydrogen (secondary N) is 2. The molecule has 2 N–H and O–H groups in total. The standard InChI is InChI=1S/C15H17N3O/c1-19-11-6-2-9-3-7-12-14(13(9)8-11)17-18-15(12)16-10-4-5-10/h2,6,8,10H,3-5,7H2,1H3,(H2,16,17,18). The second-order valence-corrected chi connectivity index (χ2v) is 5.37. The van der Waals surface area contributed by atoms with Crippen molar-refractivity contribution in [1.82, 2.24) is 10.2 Å². The average Bonchev–Trinajstić information content (AvgIpc) is 3.17. The Bertz CT molecular complexity index is 628. The van der Waals surface area contributed by atoms with E-state index in [9.17, 15) is 0 Å². The third-order valence-corrected chi connectivity index (χ3v) is 4.02. The third kappa shape index (κ3) is 1.79. The summed E-state index contributed by atoms with van der Waals surface area (Å²) in [5.41, 5.74) is 5.09. The summed E-state index contributed by atoms with van der Waals surface area (Å²) in [5.74, 6) is 1.95. The number of aryl methyl sites for hydroxylation is 1. The second kappa shape index (κ2) is 4.02. The number of fused-ring (bicyclic) bond motifs is 3. The molecule has 1 heterocycles. The highest BCUT2D eigenvalue weighted by Gasteiger charge is 2.27. The Morgan fingerprint density at radius 3 is 3.00 bits per heavy atom. The molecule has 1 fully saturated rings. The summed E-state index contributed by atoms with van der Waals surface area (Å²) < 4.78 is 5.33. The van der Waals surface area contributed by atoms with Crippen molar-refractivity contribution in [1.29, 1.82) is 0 Å². The van der Waals surface area contributed by atoms with Gasteiger partial charge in [-0.05, 0) is 43.4 Å². The highest BCUT2D eigenvalue weighted by molar-refractivity contribution is 5.75. The average molecular weight is 255 g/mol. The summed E-state index contributed by atoms with van der Waals surface area (Å²) >= 11 is 0. The van der Waals surface area contributed by atoms with Crippen molar-refractivity contribution in [3.05, 3.63) is 29.3 Å². The molecule has 0 bridgehead atoms. The van der Waals surface area contributed by atoms with Gasteiger partial charge in [-0.1, -0.05) is 6.07 Å². The first-order chi connectivity index (χ1) is 9.35. The van der Waals surface area contributed by atoms with Crippen molar-refractivity contribution < 1.29 is 4.74 Å². The maximum Gasteiger partial charge on any atom is 0.151 e. The van der Waals surface area contributed by atoms with E-state index in [0.29, 0.717) is 6.04 Å². The summed E-state index contributed by atoms with van der Waals surface area (Å²) in [4.78, 5) is 0. The van der Waals surface area contributed by atoms with E-state index in [-0.39, 0.29) is 0 Å². The fourth-order valence-electron chi connectivity index (χ4n) is 2.76. The zero-order chi connectivity index (χ0) is 12.8. The number of rotatable bonds is 3. The van der Waals surface area contributed by atoms with Crippen molar-refractivity contribution in [2.75, 3.05) is 12.4 Å². The van der Waals surface area contributed by atoms with Gasteiger partial charge in [-0.2, -0.15) is 5.10 Å². The number of methoxy groups -OCH3 is 1. The van der Waals surface area contributed by atoms with Crippen LogP contribution in [0.1, 0.15) is 24.0 Å². The van der Waals surface area contributed by atoms with E-state index >= 15 is 0 Å². The predicted octanol–water partition coefficient (Wildman–Crippen LogP) is 2.76. The highest BCUT2D eigenvalue weighted by atomic mass is 16.5. The lowest BCUT2D eigenvalue weighted by Crippen LogP contribution is -2.07. The van der Waals surface area contributed by atoms with Gasteiger partial charge in [0.15, 0.2) is 5.82 Å².